The summed E-state index contributed by atoms with van der Waals surface area (Å²) in [6, 6.07) is 19.1. The first kappa shape index (κ1) is 21.8. The first-order chi connectivity index (χ1) is 15.3. The van der Waals surface area contributed by atoms with Crippen molar-refractivity contribution in [2.75, 3.05) is 6.79 Å². The van der Waals surface area contributed by atoms with Gasteiger partial charge in [-0.3, -0.25) is 0 Å². The number of hydrogen-bond donors (Lipinski definition) is 1. The molecule has 5 nitrogen and oxygen atoms in total. The van der Waals surface area contributed by atoms with E-state index in [1.165, 1.54) is 5.56 Å². The zero-order valence-corrected chi connectivity index (χ0v) is 19.2. The van der Waals surface area contributed by atoms with Crippen LogP contribution < -0.4 is 24.5 Å². The van der Waals surface area contributed by atoms with Crippen molar-refractivity contribution in [1.82, 2.24) is 5.32 Å². The van der Waals surface area contributed by atoms with Crippen LogP contribution in [0.4, 0.5) is 0 Å². The quantitative estimate of drug-likeness (QED) is 0.280. The Labute approximate surface area is 193 Å². The fraction of sp³-hybridized carbons (Fsp3) is 0.231. The van der Waals surface area contributed by atoms with Gasteiger partial charge in [-0.25, -0.2) is 0 Å². The fourth-order valence-electron chi connectivity index (χ4n) is 3.46. The first-order valence-electron chi connectivity index (χ1n) is 10.5. The highest BCUT2D eigenvalue weighted by Crippen LogP contribution is 2.32. The van der Waals surface area contributed by atoms with Gasteiger partial charge in [0, 0.05) is 18.7 Å². The molecule has 0 amide bonds. The van der Waals surface area contributed by atoms with Crippen LogP contribution in [0.2, 0.25) is 0 Å². The number of pyridine rings is 1. The van der Waals surface area contributed by atoms with Crippen LogP contribution in [-0.2, 0) is 12.0 Å². The number of nitrogens with one attached hydrogen (secondary N) is 1. The maximum absolute atomic E-state index is 13.5. The smallest absolute Gasteiger partial charge is 0.237 e. The van der Waals surface area contributed by atoms with Crippen LogP contribution in [0, 0.1) is 0 Å². The second-order valence-electron chi connectivity index (χ2n) is 8.66. The number of benzene rings is 2. The van der Waals surface area contributed by atoms with E-state index >= 15 is 0 Å². The Kier molecular flexibility index (Phi) is 6.15. The lowest BCUT2D eigenvalue weighted by Gasteiger charge is -2.21. The molecule has 0 aliphatic carbocycles. The summed E-state index contributed by atoms with van der Waals surface area (Å²) >= 11 is 5.67. The molecule has 32 heavy (non-hydrogen) atoms. The Morgan fingerprint density at radius 3 is 2.38 bits per heavy atom. The van der Waals surface area contributed by atoms with Gasteiger partial charge in [-0.05, 0) is 40.0 Å². The Morgan fingerprint density at radius 1 is 1.00 bits per heavy atom. The monoisotopic (exact) mass is 446 g/mol. The van der Waals surface area contributed by atoms with Crippen LogP contribution in [0.25, 0.3) is 11.5 Å². The maximum atomic E-state index is 13.5. The van der Waals surface area contributed by atoms with E-state index < -0.39 is 0 Å². The summed E-state index contributed by atoms with van der Waals surface area (Å²) in [4.78, 5) is 0.378. The number of nitrogens with zero attached hydrogens (tertiary/aromatic N) is 1. The molecule has 0 radical (unpaired) electrons. The highest BCUT2D eigenvalue weighted by atomic mass is 32.1. The van der Waals surface area contributed by atoms with Crippen LogP contribution in [-0.4, -0.2) is 11.8 Å². The van der Waals surface area contributed by atoms with Gasteiger partial charge in [-0.1, -0.05) is 69.4 Å². The molecule has 6 heteroatoms. The standard InChI is InChI=1S/C26H26N2O3S/c1-26(2,3)20-10-8-19(9-11-20)24(29)23(28-13-5-4-6-14-28)25(32)27-16-18-7-12-21-22(15-18)31-17-30-21/h4-15H,16-17H2,1-3H3,(H-,27,29,32). The van der Waals surface area contributed by atoms with Gasteiger partial charge in [0.1, 0.15) is 0 Å². The van der Waals surface area contributed by atoms with Crippen molar-refractivity contribution in [3.63, 3.8) is 0 Å². The molecule has 0 atom stereocenters. The molecule has 0 spiro atoms. The molecule has 1 aliphatic heterocycles. The van der Waals surface area contributed by atoms with Crippen molar-refractivity contribution in [2.24, 2.45) is 0 Å². The van der Waals surface area contributed by atoms with E-state index in [9.17, 15) is 5.11 Å². The Balaban J connectivity index is 1.62. The van der Waals surface area contributed by atoms with Crippen LogP contribution >= 0.6 is 12.2 Å². The summed E-state index contributed by atoms with van der Waals surface area (Å²) in [5.74, 6) is 1.31. The molecule has 2 aromatic carbocycles. The summed E-state index contributed by atoms with van der Waals surface area (Å²) < 4.78 is 12.6. The Morgan fingerprint density at radius 2 is 1.69 bits per heavy atom. The Hall–Kier alpha value is -3.38. The van der Waals surface area contributed by atoms with Crippen LogP contribution in [0.5, 0.6) is 11.5 Å². The predicted molar refractivity (Wildman–Crippen MR) is 127 cm³/mol. The minimum Gasteiger partial charge on any atom is -0.867 e. The normalized spacial score (nSPS) is 13.5. The molecule has 1 aromatic heterocycles. The van der Waals surface area contributed by atoms with E-state index in [0.29, 0.717) is 28.5 Å². The molecule has 1 N–H and O–H groups in total. The number of hydrogen-bond acceptors (Lipinski definition) is 4. The predicted octanol–water partition coefficient (Wildman–Crippen LogP) is 3.80. The number of thiocarbonyl (C=S) groups is 1. The molecule has 0 saturated carbocycles. The van der Waals surface area contributed by atoms with Gasteiger partial charge < -0.3 is 19.9 Å². The third-order valence-corrected chi connectivity index (χ3v) is 5.64. The fourth-order valence-corrected chi connectivity index (χ4v) is 3.73. The van der Waals surface area contributed by atoms with Crippen LogP contribution in [0.1, 0.15) is 37.5 Å². The Bertz CT molecular complexity index is 1150. The van der Waals surface area contributed by atoms with Crippen molar-refractivity contribution in [1.29, 1.82) is 0 Å². The molecule has 4 rings (SSSR count). The van der Waals surface area contributed by atoms with Gasteiger partial charge in [0.25, 0.3) is 0 Å². The van der Waals surface area contributed by atoms with Gasteiger partial charge in [0.15, 0.2) is 28.9 Å². The van der Waals surface area contributed by atoms with Gasteiger partial charge in [-0.2, -0.15) is 4.57 Å². The highest BCUT2D eigenvalue weighted by Gasteiger charge is 2.20. The topological polar surface area (TPSA) is 57.4 Å². The summed E-state index contributed by atoms with van der Waals surface area (Å²) in [6.45, 7) is 7.14. The van der Waals surface area contributed by atoms with Gasteiger partial charge in [-0.15, -0.1) is 0 Å². The number of rotatable bonds is 5. The first-order valence-corrected chi connectivity index (χ1v) is 10.9. The van der Waals surface area contributed by atoms with E-state index in [1.54, 1.807) is 4.57 Å². The van der Waals surface area contributed by atoms with Crippen molar-refractivity contribution in [2.45, 2.75) is 32.7 Å². The lowest BCUT2D eigenvalue weighted by Crippen LogP contribution is -2.42. The van der Waals surface area contributed by atoms with Crippen LogP contribution in [0.3, 0.4) is 0 Å². The lowest BCUT2D eigenvalue weighted by atomic mass is 9.86. The van der Waals surface area contributed by atoms with Crippen molar-refractivity contribution in [3.05, 3.63) is 89.7 Å². The molecule has 0 bridgehead atoms. The largest absolute Gasteiger partial charge is 0.867 e. The molecule has 0 fully saturated rings. The summed E-state index contributed by atoms with van der Waals surface area (Å²) in [5, 5.41) is 16.7. The summed E-state index contributed by atoms with van der Waals surface area (Å²) in [5.41, 5.74) is 3.17. The minimum atomic E-state index is -0.134. The third-order valence-electron chi connectivity index (χ3n) is 5.31. The molecule has 1 aliphatic rings. The number of aromatic nitrogens is 1. The SMILES string of the molecule is CC(C)(C)c1ccc(/C([O-])=C(/C(=S)NCc2ccc3c(c2)OCO3)[n+]2ccccc2)cc1. The minimum absolute atomic E-state index is 0.0176. The second-order valence-corrected chi connectivity index (χ2v) is 9.07. The highest BCUT2D eigenvalue weighted by molar-refractivity contribution is 7.81. The maximum Gasteiger partial charge on any atom is 0.237 e. The molecule has 164 valence electrons. The number of fused-ring (bicyclic) bond motifs is 1. The van der Waals surface area contributed by atoms with E-state index in [-0.39, 0.29) is 18.0 Å². The van der Waals surface area contributed by atoms with E-state index in [2.05, 4.69) is 26.1 Å². The van der Waals surface area contributed by atoms with Crippen molar-refractivity contribution in [3.8, 4) is 11.5 Å². The molecule has 0 unspecified atom stereocenters. The molecule has 0 saturated heterocycles. The van der Waals surface area contributed by atoms with Crippen molar-refractivity contribution < 1.29 is 19.1 Å². The zero-order valence-electron chi connectivity index (χ0n) is 18.4. The van der Waals surface area contributed by atoms with Gasteiger partial charge in [0.2, 0.25) is 12.5 Å². The van der Waals surface area contributed by atoms with E-state index in [1.807, 2.05) is 73.1 Å². The second kappa shape index (κ2) is 9.01. The average molecular weight is 447 g/mol. The molecular weight excluding hydrogens is 420 g/mol. The third kappa shape index (κ3) is 4.75. The average Bonchev–Trinajstić information content (AvgIpc) is 3.26. The number of ether oxygens (including phenoxy) is 2. The van der Waals surface area contributed by atoms with Crippen molar-refractivity contribution >= 4 is 28.7 Å². The van der Waals surface area contributed by atoms with Gasteiger partial charge in [0.05, 0.1) is 0 Å². The van der Waals surface area contributed by atoms with Gasteiger partial charge >= 0.3 is 0 Å². The zero-order chi connectivity index (χ0) is 22.7. The summed E-state index contributed by atoms with van der Waals surface area (Å²) in [6.07, 6.45) is 3.65. The lowest BCUT2D eigenvalue weighted by molar-refractivity contribution is -0.578. The molecule has 2 heterocycles. The van der Waals surface area contributed by atoms with E-state index in [4.69, 9.17) is 21.7 Å². The molecule has 3 aromatic rings. The van der Waals surface area contributed by atoms with E-state index in [0.717, 1.165) is 11.3 Å². The van der Waals surface area contributed by atoms with Crippen LogP contribution in [0.15, 0.2) is 73.1 Å². The summed E-state index contributed by atoms with van der Waals surface area (Å²) in [7, 11) is 0. The molecular formula is C26H26N2O3S.